The lowest BCUT2D eigenvalue weighted by atomic mass is 9.98. The Morgan fingerprint density at radius 3 is 2.71 bits per heavy atom. The Hall–Kier alpha value is -0.120. The first kappa shape index (κ1) is 10.4. The summed E-state index contributed by atoms with van der Waals surface area (Å²) in [6.07, 6.45) is 2.67. The second kappa shape index (κ2) is 5.10. The van der Waals surface area contributed by atoms with Crippen LogP contribution in [0.25, 0.3) is 0 Å². The molecule has 0 aliphatic carbocycles. The minimum atomic E-state index is 0.782. The number of nitrogens with one attached hydrogen (secondary N) is 2. The molecule has 2 aliphatic heterocycles. The van der Waals surface area contributed by atoms with Crippen molar-refractivity contribution in [1.29, 1.82) is 0 Å². The summed E-state index contributed by atoms with van der Waals surface area (Å²) in [7, 11) is 0. The van der Waals surface area contributed by atoms with E-state index in [4.69, 9.17) is 0 Å². The van der Waals surface area contributed by atoms with Gasteiger partial charge in [0.2, 0.25) is 0 Å². The monoisotopic (exact) mass is 197 g/mol. The van der Waals surface area contributed by atoms with E-state index in [1.54, 1.807) is 0 Å². The van der Waals surface area contributed by atoms with Crippen LogP contribution in [0.2, 0.25) is 0 Å². The maximum Gasteiger partial charge on any atom is 0.0107 e. The van der Waals surface area contributed by atoms with E-state index in [1.165, 1.54) is 52.1 Å². The van der Waals surface area contributed by atoms with Crippen molar-refractivity contribution >= 4 is 0 Å². The first-order valence-electron chi connectivity index (χ1n) is 6.06. The van der Waals surface area contributed by atoms with E-state index < -0.39 is 0 Å². The van der Waals surface area contributed by atoms with Crippen LogP contribution in [0, 0.1) is 5.92 Å². The summed E-state index contributed by atoms with van der Waals surface area (Å²) in [6.45, 7) is 9.68. The van der Waals surface area contributed by atoms with E-state index in [0.717, 1.165) is 12.0 Å². The van der Waals surface area contributed by atoms with Gasteiger partial charge in [0.05, 0.1) is 0 Å². The van der Waals surface area contributed by atoms with Gasteiger partial charge in [0, 0.05) is 38.8 Å². The molecular formula is C11H23N3. The predicted octanol–water partition coefficient (Wildman–Crippen LogP) is 0.280. The number of nitrogens with zero attached hydrogens (tertiary/aromatic N) is 1. The molecule has 2 atom stereocenters. The van der Waals surface area contributed by atoms with Gasteiger partial charge in [0.25, 0.3) is 0 Å². The van der Waals surface area contributed by atoms with Crippen LogP contribution in [-0.4, -0.2) is 50.2 Å². The highest BCUT2D eigenvalue weighted by Gasteiger charge is 2.27. The topological polar surface area (TPSA) is 27.3 Å². The smallest absolute Gasteiger partial charge is 0.0107 e. The molecule has 0 aromatic rings. The molecule has 0 spiro atoms. The van der Waals surface area contributed by atoms with Gasteiger partial charge in [-0.05, 0) is 25.3 Å². The van der Waals surface area contributed by atoms with Gasteiger partial charge in [0.15, 0.2) is 0 Å². The van der Waals surface area contributed by atoms with Crippen molar-refractivity contribution in [3.8, 4) is 0 Å². The summed E-state index contributed by atoms with van der Waals surface area (Å²) in [6, 6.07) is 0.782. The van der Waals surface area contributed by atoms with Gasteiger partial charge in [-0.25, -0.2) is 0 Å². The molecule has 2 saturated heterocycles. The molecule has 0 radical (unpaired) electrons. The van der Waals surface area contributed by atoms with Crippen molar-refractivity contribution in [3.05, 3.63) is 0 Å². The number of rotatable bonds is 3. The normalized spacial score (nSPS) is 34.9. The van der Waals surface area contributed by atoms with Crippen LogP contribution < -0.4 is 10.6 Å². The standard InChI is InChI=1S/C11H23N3/c1-2-11-10(3-4-13-11)9-14-7-5-12-6-8-14/h10-13H,2-9H2,1H3/t10-,11-/m0/s1. The summed E-state index contributed by atoms with van der Waals surface area (Å²) in [5.41, 5.74) is 0. The van der Waals surface area contributed by atoms with Gasteiger partial charge in [-0.1, -0.05) is 6.92 Å². The van der Waals surface area contributed by atoms with Crippen LogP contribution in [0.5, 0.6) is 0 Å². The fourth-order valence-corrected chi connectivity index (χ4v) is 2.74. The predicted molar refractivity (Wildman–Crippen MR) is 59.5 cm³/mol. The molecule has 0 bridgehead atoms. The quantitative estimate of drug-likeness (QED) is 0.680. The van der Waals surface area contributed by atoms with Crippen molar-refractivity contribution in [2.75, 3.05) is 39.3 Å². The van der Waals surface area contributed by atoms with Gasteiger partial charge < -0.3 is 15.5 Å². The van der Waals surface area contributed by atoms with Crippen LogP contribution in [0.15, 0.2) is 0 Å². The zero-order chi connectivity index (χ0) is 9.80. The molecule has 2 aliphatic rings. The third-order valence-electron chi connectivity index (χ3n) is 3.63. The molecule has 2 rings (SSSR count). The van der Waals surface area contributed by atoms with E-state index in [-0.39, 0.29) is 0 Å². The largest absolute Gasteiger partial charge is 0.314 e. The van der Waals surface area contributed by atoms with Crippen molar-refractivity contribution in [1.82, 2.24) is 15.5 Å². The summed E-state index contributed by atoms with van der Waals surface area (Å²) in [4.78, 5) is 2.62. The highest BCUT2D eigenvalue weighted by atomic mass is 15.2. The fourth-order valence-electron chi connectivity index (χ4n) is 2.74. The third-order valence-corrected chi connectivity index (χ3v) is 3.63. The lowest BCUT2D eigenvalue weighted by molar-refractivity contribution is 0.196. The molecule has 2 N–H and O–H groups in total. The van der Waals surface area contributed by atoms with Gasteiger partial charge in [-0.2, -0.15) is 0 Å². The number of piperazine rings is 1. The Morgan fingerprint density at radius 2 is 2.00 bits per heavy atom. The second-order valence-corrected chi connectivity index (χ2v) is 4.57. The van der Waals surface area contributed by atoms with Crippen LogP contribution in [0.3, 0.4) is 0 Å². The van der Waals surface area contributed by atoms with Crippen LogP contribution in [-0.2, 0) is 0 Å². The Kier molecular flexibility index (Phi) is 3.79. The molecule has 0 saturated carbocycles. The molecule has 2 fully saturated rings. The molecule has 0 aromatic carbocycles. The Labute approximate surface area is 87.2 Å². The van der Waals surface area contributed by atoms with E-state index >= 15 is 0 Å². The highest BCUT2D eigenvalue weighted by molar-refractivity contribution is 4.85. The first-order valence-corrected chi connectivity index (χ1v) is 6.06. The van der Waals surface area contributed by atoms with Crippen molar-refractivity contribution in [2.45, 2.75) is 25.8 Å². The van der Waals surface area contributed by atoms with E-state index in [1.807, 2.05) is 0 Å². The average molecular weight is 197 g/mol. The summed E-state index contributed by atoms with van der Waals surface area (Å²) in [5.74, 6) is 0.901. The Bertz CT molecular complexity index is 166. The molecular weight excluding hydrogens is 174 g/mol. The van der Waals surface area contributed by atoms with E-state index in [0.29, 0.717) is 0 Å². The van der Waals surface area contributed by atoms with Crippen molar-refractivity contribution in [3.63, 3.8) is 0 Å². The highest BCUT2D eigenvalue weighted by Crippen LogP contribution is 2.19. The van der Waals surface area contributed by atoms with Gasteiger partial charge in [-0.15, -0.1) is 0 Å². The molecule has 3 heteroatoms. The number of hydrogen-bond donors (Lipinski definition) is 2. The molecule has 2 heterocycles. The molecule has 82 valence electrons. The third kappa shape index (κ3) is 2.47. The minimum absolute atomic E-state index is 0.782. The molecule has 3 nitrogen and oxygen atoms in total. The van der Waals surface area contributed by atoms with Crippen molar-refractivity contribution in [2.24, 2.45) is 5.92 Å². The molecule has 0 unspecified atom stereocenters. The summed E-state index contributed by atoms with van der Waals surface area (Å²) in [5, 5.41) is 7.01. The van der Waals surface area contributed by atoms with Crippen LogP contribution >= 0.6 is 0 Å². The van der Waals surface area contributed by atoms with Crippen LogP contribution in [0.4, 0.5) is 0 Å². The van der Waals surface area contributed by atoms with Gasteiger partial charge in [-0.3, -0.25) is 0 Å². The second-order valence-electron chi connectivity index (χ2n) is 4.57. The fraction of sp³-hybridized carbons (Fsp3) is 1.00. The Balaban J connectivity index is 1.77. The summed E-state index contributed by atoms with van der Waals surface area (Å²) >= 11 is 0. The maximum atomic E-state index is 3.60. The Morgan fingerprint density at radius 1 is 1.21 bits per heavy atom. The number of hydrogen-bond acceptors (Lipinski definition) is 3. The van der Waals surface area contributed by atoms with E-state index in [2.05, 4.69) is 22.5 Å². The lowest BCUT2D eigenvalue weighted by Gasteiger charge is -2.31. The van der Waals surface area contributed by atoms with Crippen LogP contribution in [0.1, 0.15) is 19.8 Å². The molecule has 14 heavy (non-hydrogen) atoms. The molecule has 0 amide bonds. The lowest BCUT2D eigenvalue weighted by Crippen LogP contribution is -2.46. The average Bonchev–Trinajstić information content (AvgIpc) is 2.67. The SMILES string of the molecule is CC[C@@H]1NCC[C@H]1CN1CCNCC1. The maximum absolute atomic E-state index is 3.60. The zero-order valence-corrected chi connectivity index (χ0v) is 9.26. The van der Waals surface area contributed by atoms with Gasteiger partial charge >= 0.3 is 0 Å². The molecule has 0 aromatic heterocycles. The van der Waals surface area contributed by atoms with Crippen molar-refractivity contribution < 1.29 is 0 Å². The minimum Gasteiger partial charge on any atom is -0.314 e. The van der Waals surface area contributed by atoms with Gasteiger partial charge in [0.1, 0.15) is 0 Å². The van der Waals surface area contributed by atoms with E-state index in [9.17, 15) is 0 Å². The summed E-state index contributed by atoms with van der Waals surface area (Å²) < 4.78 is 0. The first-order chi connectivity index (χ1) is 6.90. The zero-order valence-electron chi connectivity index (χ0n) is 9.26.